The second-order valence-electron chi connectivity index (χ2n) is 4.90. The maximum atomic E-state index is 12.7. The summed E-state index contributed by atoms with van der Waals surface area (Å²) in [6, 6.07) is 11.9. The number of nitrogens with zero attached hydrogens (tertiary/aromatic N) is 2. The van der Waals surface area contributed by atoms with Crippen molar-refractivity contribution in [1.29, 1.82) is 0 Å². The SMILES string of the molecule is COc1ccc(-n2c(=O)sn(-c3ccc(Cl)cc3C)c2=O)cc1. The van der Waals surface area contributed by atoms with Gasteiger partial charge in [0, 0.05) is 16.6 Å². The van der Waals surface area contributed by atoms with Crippen LogP contribution in [0.3, 0.4) is 0 Å². The standard InChI is InChI=1S/C16H13ClN2O3S/c1-10-9-11(17)3-8-14(10)19-15(20)18(16(21)23-19)12-4-6-13(22-2)7-5-12/h3-9H,1-2H3. The van der Waals surface area contributed by atoms with E-state index in [0.29, 0.717) is 22.1 Å². The molecule has 0 saturated heterocycles. The van der Waals surface area contributed by atoms with Gasteiger partial charge in [-0.3, -0.25) is 4.79 Å². The second-order valence-corrected chi connectivity index (χ2v) is 6.23. The van der Waals surface area contributed by atoms with Crippen LogP contribution in [0.25, 0.3) is 11.4 Å². The number of benzene rings is 2. The molecule has 2 aromatic carbocycles. The average molecular weight is 349 g/mol. The smallest absolute Gasteiger partial charge is 0.350 e. The monoisotopic (exact) mass is 348 g/mol. The van der Waals surface area contributed by atoms with Crippen molar-refractivity contribution in [1.82, 2.24) is 8.52 Å². The maximum absolute atomic E-state index is 12.7. The molecule has 0 unspecified atom stereocenters. The highest BCUT2D eigenvalue weighted by Gasteiger charge is 2.15. The Labute approximate surface area is 141 Å². The minimum Gasteiger partial charge on any atom is -0.497 e. The Morgan fingerprint density at radius 3 is 2.39 bits per heavy atom. The lowest BCUT2D eigenvalue weighted by atomic mass is 10.2. The number of hydrogen-bond donors (Lipinski definition) is 0. The van der Waals surface area contributed by atoms with E-state index in [1.165, 1.54) is 3.96 Å². The van der Waals surface area contributed by atoms with Gasteiger partial charge in [-0.1, -0.05) is 11.6 Å². The predicted molar refractivity (Wildman–Crippen MR) is 91.8 cm³/mol. The van der Waals surface area contributed by atoms with E-state index in [-0.39, 0.29) is 4.87 Å². The molecule has 0 fully saturated rings. The highest BCUT2D eigenvalue weighted by molar-refractivity contribution is 7.03. The Kier molecular flexibility index (Phi) is 4.11. The topological polar surface area (TPSA) is 53.2 Å². The zero-order chi connectivity index (χ0) is 16.6. The molecule has 0 aliphatic rings. The molecule has 7 heteroatoms. The molecule has 0 amide bonds. The van der Waals surface area contributed by atoms with Crippen LogP contribution in [0.2, 0.25) is 5.02 Å². The van der Waals surface area contributed by atoms with Gasteiger partial charge in [-0.15, -0.1) is 0 Å². The summed E-state index contributed by atoms with van der Waals surface area (Å²) in [4.78, 5) is 24.6. The van der Waals surface area contributed by atoms with Gasteiger partial charge in [0.2, 0.25) is 0 Å². The summed E-state index contributed by atoms with van der Waals surface area (Å²) in [5.41, 5.74) is 1.56. The van der Waals surface area contributed by atoms with Gasteiger partial charge in [-0.05, 0) is 55.0 Å². The summed E-state index contributed by atoms with van der Waals surface area (Å²) in [7, 11) is 1.56. The summed E-state index contributed by atoms with van der Waals surface area (Å²) in [5, 5.41) is 0.584. The first-order valence-corrected chi connectivity index (χ1v) is 7.93. The zero-order valence-electron chi connectivity index (χ0n) is 12.4. The molecular weight excluding hydrogens is 336 g/mol. The molecule has 0 spiro atoms. The Balaban J connectivity index is 2.16. The molecule has 1 heterocycles. The molecule has 0 aliphatic carbocycles. The van der Waals surface area contributed by atoms with E-state index in [4.69, 9.17) is 16.3 Å². The van der Waals surface area contributed by atoms with Crippen LogP contribution < -0.4 is 15.3 Å². The first kappa shape index (κ1) is 15.6. The summed E-state index contributed by atoms with van der Waals surface area (Å²) in [5.74, 6) is 0.658. The number of rotatable bonds is 3. The molecule has 1 aromatic heterocycles. The predicted octanol–water partition coefficient (Wildman–Crippen LogP) is 3.02. The molecule has 118 valence electrons. The normalized spacial score (nSPS) is 10.7. The minimum absolute atomic E-state index is 0.352. The Hall–Kier alpha value is -2.31. The fraction of sp³-hybridized carbons (Fsp3) is 0.125. The van der Waals surface area contributed by atoms with E-state index in [9.17, 15) is 9.59 Å². The van der Waals surface area contributed by atoms with Gasteiger partial charge in [0.25, 0.3) is 0 Å². The molecule has 5 nitrogen and oxygen atoms in total. The van der Waals surface area contributed by atoms with E-state index in [0.717, 1.165) is 21.7 Å². The quantitative estimate of drug-likeness (QED) is 0.731. The Bertz CT molecular complexity index is 970. The second kappa shape index (κ2) is 6.06. The van der Waals surface area contributed by atoms with Crippen molar-refractivity contribution in [2.24, 2.45) is 0 Å². The number of aromatic nitrogens is 2. The average Bonchev–Trinajstić information content (AvgIpc) is 2.82. The summed E-state index contributed by atoms with van der Waals surface area (Å²) in [6.45, 7) is 1.84. The van der Waals surface area contributed by atoms with Gasteiger partial charge in [0.15, 0.2) is 0 Å². The van der Waals surface area contributed by atoms with Gasteiger partial charge in [0.05, 0.1) is 18.5 Å². The van der Waals surface area contributed by atoms with Crippen LogP contribution in [0, 0.1) is 6.92 Å². The number of methoxy groups -OCH3 is 1. The summed E-state index contributed by atoms with van der Waals surface area (Å²) < 4.78 is 7.60. The van der Waals surface area contributed by atoms with E-state index < -0.39 is 5.69 Å². The number of aryl methyl sites for hydroxylation is 1. The van der Waals surface area contributed by atoms with Gasteiger partial charge in [-0.2, -0.15) is 0 Å². The highest BCUT2D eigenvalue weighted by atomic mass is 35.5. The zero-order valence-corrected chi connectivity index (χ0v) is 14.0. The van der Waals surface area contributed by atoms with Gasteiger partial charge < -0.3 is 4.74 Å². The van der Waals surface area contributed by atoms with Gasteiger partial charge in [0.1, 0.15) is 5.75 Å². The summed E-state index contributed by atoms with van der Waals surface area (Å²) >= 11 is 6.80. The molecule has 0 saturated carbocycles. The molecule has 0 radical (unpaired) electrons. The van der Waals surface area contributed by atoms with Crippen LogP contribution in [0.1, 0.15) is 5.56 Å². The van der Waals surface area contributed by atoms with Crippen molar-refractivity contribution in [3.8, 4) is 17.1 Å². The third kappa shape index (κ3) is 2.83. The lowest BCUT2D eigenvalue weighted by Gasteiger charge is -2.05. The van der Waals surface area contributed by atoms with Crippen molar-refractivity contribution in [3.05, 3.63) is 73.2 Å². The maximum Gasteiger partial charge on any atom is 0.350 e. The molecule has 0 bridgehead atoms. The minimum atomic E-state index is -0.407. The lowest BCUT2D eigenvalue weighted by molar-refractivity contribution is 0.414. The van der Waals surface area contributed by atoms with Crippen LogP contribution in [-0.4, -0.2) is 15.6 Å². The van der Waals surface area contributed by atoms with Crippen LogP contribution in [-0.2, 0) is 0 Å². The van der Waals surface area contributed by atoms with Gasteiger partial charge >= 0.3 is 10.6 Å². The summed E-state index contributed by atoms with van der Waals surface area (Å²) in [6.07, 6.45) is 0. The van der Waals surface area contributed by atoms with E-state index in [2.05, 4.69) is 0 Å². The molecule has 3 rings (SSSR count). The molecule has 0 atom stereocenters. The number of hydrogen-bond acceptors (Lipinski definition) is 4. The van der Waals surface area contributed by atoms with E-state index in [1.807, 2.05) is 6.92 Å². The van der Waals surface area contributed by atoms with Crippen molar-refractivity contribution >= 4 is 23.1 Å². The van der Waals surface area contributed by atoms with Crippen molar-refractivity contribution in [3.63, 3.8) is 0 Å². The molecular formula is C16H13ClN2O3S. The highest BCUT2D eigenvalue weighted by Crippen LogP contribution is 2.19. The molecule has 23 heavy (non-hydrogen) atoms. The van der Waals surface area contributed by atoms with Crippen molar-refractivity contribution in [2.45, 2.75) is 6.92 Å². The largest absolute Gasteiger partial charge is 0.497 e. The van der Waals surface area contributed by atoms with Crippen LogP contribution in [0.5, 0.6) is 5.75 Å². The first-order chi connectivity index (χ1) is 11.0. The number of halogens is 1. The Morgan fingerprint density at radius 2 is 1.78 bits per heavy atom. The van der Waals surface area contributed by atoms with Crippen LogP contribution >= 0.6 is 23.1 Å². The van der Waals surface area contributed by atoms with Crippen LogP contribution in [0.4, 0.5) is 0 Å². The molecule has 0 N–H and O–H groups in total. The third-order valence-corrected chi connectivity index (χ3v) is 4.53. The van der Waals surface area contributed by atoms with Crippen molar-refractivity contribution < 1.29 is 4.74 Å². The van der Waals surface area contributed by atoms with Gasteiger partial charge in [-0.25, -0.2) is 13.3 Å². The third-order valence-electron chi connectivity index (χ3n) is 3.43. The van der Waals surface area contributed by atoms with Crippen LogP contribution in [0.15, 0.2) is 52.1 Å². The lowest BCUT2D eigenvalue weighted by Crippen LogP contribution is -2.26. The van der Waals surface area contributed by atoms with E-state index >= 15 is 0 Å². The van der Waals surface area contributed by atoms with E-state index in [1.54, 1.807) is 49.6 Å². The molecule has 0 aliphatic heterocycles. The Morgan fingerprint density at radius 1 is 1.09 bits per heavy atom. The van der Waals surface area contributed by atoms with Crippen molar-refractivity contribution in [2.75, 3.05) is 7.11 Å². The first-order valence-electron chi connectivity index (χ1n) is 6.77. The fourth-order valence-electron chi connectivity index (χ4n) is 2.27. The molecule has 3 aromatic rings. The number of ether oxygens (including phenoxy) is 1. The fourth-order valence-corrected chi connectivity index (χ4v) is 3.38.